The number of carbonyl (C=O) groups excluding carboxylic acids is 1. The molecule has 0 aliphatic carbocycles. The summed E-state index contributed by atoms with van der Waals surface area (Å²) in [6.45, 7) is 6.65. The van der Waals surface area contributed by atoms with E-state index in [-0.39, 0.29) is 28.7 Å². The van der Waals surface area contributed by atoms with E-state index < -0.39 is 15.7 Å². The summed E-state index contributed by atoms with van der Waals surface area (Å²) >= 11 is 1.21. The minimum absolute atomic E-state index is 0. The Balaban J connectivity index is 0.00000341. The first-order chi connectivity index (χ1) is 14.2. The number of amides is 1. The van der Waals surface area contributed by atoms with Crippen LogP contribution in [0.2, 0.25) is 0 Å². The molecule has 0 fully saturated rings. The topological polar surface area (TPSA) is 70.6 Å². The third-order valence-corrected chi connectivity index (χ3v) is 7.06. The average Bonchev–Trinajstić information content (AvgIpc) is 3.13. The van der Waals surface area contributed by atoms with E-state index in [4.69, 9.17) is 0 Å². The van der Waals surface area contributed by atoms with Gasteiger partial charge < -0.3 is 4.90 Å². The van der Waals surface area contributed by atoms with Crippen LogP contribution in [0, 0.1) is 5.82 Å². The molecule has 1 amide bonds. The fourth-order valence-corrected chi connectivity index (χ4v) is 5.07. The summed E-state index contributed by atoms with van der Waals surface area (Å²) in [5.74, 6) is -0.816. The maximum Gasteiger partial charge on any atom is 0.261 e. The highest BCUT2D eigenvalue weighted by Gasteiger charge is 2.26. The number of fused-ring (bicyclic) bond motifs is 1. The van der Waals surface area contributed by atoms with Crippen LogP contribution < -0.4 is 4.90 Å². The Labute approximate surface area is 192 Å². The standard InChI is InChI=1S/C21H24FN3O3S2.ClH/c1-4-24(5-2)12-13-25(21-23-17-11-10-15(22)14-18(17)29-21)20(26)16-8-6-7-9-19(16)30(3,27)28;/h6-11,14H,4-5,12-13H2,1-3H3;1H. The highest BCUT2D eigenvalue weighted by atomic mass is 35.5. The Morgan fingerprint density at radius 1 is 1.10 bits per heavy atom. The Morgan fingerprint density at radius 2 is 1.77 bits per heavy atom. The van der Waals surface area contributed by atoms with Crippen molar-refractivity contribution in [2.24, 2.45) is 0 Å². The van der Waals surface area contributed by atoms with E-state index in [0.29, 0.717) is 28.4 Å². The number of thiazole rings is 1. The zero-order valence-corrected chi connectivity index (χ0v) is 20.0. The molecule has 1 heterocycles. The molecule has 31 heavy (non-hydrogen) atoms. The number of aromatic nitrogens is 1. The van der Waals surface area contributed by atoms with Gasteiger partial charge in [-0.15, -0.1) is 12.4 Å². The molecule has 168 valence electrons. The predicted molar refractivity (Wildman–Crippen MR) is 126 cm³/mol. The molecule has 0 N–H and O–H groups in total. The maximum atomic E-state index is 13.6. The van der Waals surface area contributed by atoms with Gasteiger partial charge in [-0.3, -0.25) is 9.69 Å². The van der Waals surface area contributed by atoms with Gasteiger partial charge in [-0.1, -0.05) is 37.3 Å². The van der Waals surface area contributed by atoms with Gasteiger partial charge in [0.15, 0.2) is 15.0 Å². The van der Waals surface area contributed by atoms with Crippen LogP contribution in [0.15, 0.2) is 47.4 Å². The first-order valence-electron chi connectivity index (χ1n) is 9.64. The summed E-state index contributed by atoms with van der Waals surface area (Å²) in [6.07, 6.45) is 1.08. The van der Waals surface area contributed by atoms with Gasteiger partial charge in [0.25, 0.3) is 5.91 Å². The molecule has 0 radical (unpaired) electrons. The molecular formula is C21H25ClFN3O3S2. The van der Waals surface area contributed by atoms with Crippen molar-refractivity contribution in [3.8, 4) is 0 Å². The van der Waals surface area contributed by atoms with E-state index in [1.807, 2.05) is 13.8 Å². The van der Waals surface area contributed by atoms with Crippen molar-refractivity contribution in [3.05, 3.63) is 53.8 Å². The molecule has 0 saturated heterocycles. The molecular weight excluding hydrogens is 461 g/mol. The largest absolute Gasteiger partial charge is 0.302 e. The van der Waals surface area contributed by atoms with Crippen molar-refractivity contribution in [2.75, 3.05) is 37.3 Å². The molecule has 3 aromatic rings. The Kier molecular flexibility index (Phi) is 8.53. The lowest BCUT2D eigenvalue weighted by atomic mass is 10.2. The lowest BCUT2D eigenvalue weighted by Crippen LogP contribution is -2.39. The maximum absolute atomic E-state index is 13.6. The first-order valence-corrected chi connectivity index (χ1v) is 12.3. The van der Waals surface area contributed by atoms with E-state index in [0.717, 1.165) is 19.3 Å². The summed E-state index contributed by atoms with van der Waals surface area (Å²) in [5, 5.41) is 0.413. The molecule has 6 nitrogen and oxygen atoms in total. The third-order valence-electron chi connectivity index (χ3n) is 4.87. The molecule has 0 atom stereocenters. The van der Waals surface area contributed by atoms with Gasteiger partial charge in [0, 0.05) is 19.3 Å². The molecule has 2 aromatic carbocycles. The van der Waals surface area contributed by atoms with Gasteiger partial charge in [0.1, 0.15) is 5.82 Å². The number of sulfone groups is 1. The summed E-state index contributed by atoms with van der Waals surface area (Å²) in [4.78, 5) is 21.6. The molecule has 0 bridgehead atoms. The minimum atomic E-state index is -3.59. The van der Waals surface area contributed by atoms with Crippen molar-refractivity contribution in [1.82, 2.24) is 9.88 Å². The van der Waals surface area contributed by atoms with Crippen molar-refractivity contribution in [2.45, 2.75) is 18.7 Å². The SMILES string of the molecule is CCN(CC)CCN(C(=O)c1ccccc1S(C)(=O)=O)c1nc2ccc(F)cc2s1.Cl. The second kappa shape index (κ2) is 10.5. The fraction of sp³-hybridized carbons (Fsp3) is 0.333. The number of carbonyl (C=O) groups is 1. The minimum Gasteiger partial charge on any atom is -0.302 e. The molecule has 10 heteroatoms. The predicted octanol–water partition coefficient (Wildman–Crippen LogP) is 4.25. The van der Waals surface area contributed by atoms with Crippen molar-refractivity contribution in [1.29, 1.82) is 0 Å². The summed E-state index contributed by atoms with van der Waals surface area (Å²) in [6, 6.07) is 10.4. The number of benzene rings is 2. The summed E-state index contributed by atoms with van der Waals surface area (Å²) in [7, 11) is -3.59. The third kappa shape index (κ3) is 5.79. The van der Waals surface area contributed by atoms with Gasteiger partial charge in [0.2, 0.25) is 0 Å². The number of hydrogen-bond donors (Lipinski definition) is 0. The second-order valence-corrected chi connectivity index (χ2v) is 9.85. The quantitative estimate of drug-likeness (QED) is 0.477. The van der Waals surface area contributed by atoms with Gasteiger partial charge in [-0.05, 0) is 43.4 Å². The summed E-state index contributed by atoms with van der Waals surface area (Å²) < 4.78 is 38.7. The Hall–Kier alpha value is -2.07. The molecule has 3 rings (SSSR count). The molecule has 0 aliphatic rings. The van der Waals surface area contributed by atoms with Crippen LogP contribution >= 0.6 is 23.7 Å². The lowest BCUT2D eigenvalue weighted by molar-refractivity contribution is 0.0980. The van der Waals surface area contributed by atoms with Gasteiger partial charge in [0.05, 0.1) is 20.7 Å². The molecule has 1 aromatic heterocycles. The van der Waals surface area contributed by atoms with Gasteiger partial charge in [-0.25, -0.2) is 17.8 Å². The van der Waals surface area contributed by atoms with Crippen LogP contribution in [0.1, 0.15) is 24.2 Å². The van der Waals surface area contributed by atoms with Crippen LogP contribution in [0.4, 0.5) is 9.52 Å². The average molecular weight is 486 g/mol. The Bertz CT molecular complexity index is 1160. The number of anilines is 1. The summed E-state index contributed by atoms with van der Waals surface area (Å²) in [5.41, 5.74) is 0.693. The zero-order valence-electron chi connectivity index (χ0n) is 17.5. The zero-order chi connectivity index (χ0) is 21.9. The molecule has 0 unspecified atom stereocenters. The highest BCUT2D eigenvalue weighted by Crippen LogP contribution is 2.31. The molecule has 0 spiro atoms. The van der Waals surface area contributed by atoms with Crippen LogP contribution in [0.25, 0.3) is 10.2 Å². The smallest absolute Gasteiger partial charge is 0.261 e. The van der Waals surface area contributed by atoms with Crippen LogP contribution in [-0.2, 0) is 9.84 Å². The van der Waals surface area contributed by atoms with E-state index >= 15 is 0 Å². The second-order valence-electron chi connectivity index (χ2n) is 6.86. The Morgan fingerprint density at radius 3 is 2.42 bits per heavy atom. The number of likely N-dealkylation sites (N-methyl/N-ethyl adjacent to an activating group) is 1. The van der Waals surface area contributed by atoms with E-state index in [1.54, 1.807) is 18.2 Å². The lowest BCUT2D eigenvalue weighted by Gasteiger charge is -2.25. The van der Waals surface area contributed by atoms with Crippen molar-refractivity contribution >= 4 is 54.8 Å². The van der Waals surface area contributed by atoms with Crippen molar-refractivity contribution < 1.29 is 17.6 Å². The van der Waals surface area contributed by atoms with Crippen LogP contribution in [-0.4, -0.2) is 56.6 Å². The monoisotopic (exact) mass is 485 g/mol. The van der Waals surface area contributed by atoms with E-state index in [2.05, 4.69) is 9.88 Å². The highest BCUT2D eigenvalue weighted by molar-refractivity contribution is 7.90. The first kappa shape index (κ1) is 25.2. The van der Waals surface area contributed by atoms with E-state index in [1.165, 1.54) is 40.5 Å². The number of rotatable bonds is 8. The van der Waals surface area contributed by atoms with Gasteiger partial charge in [-0.2, -0.15) is 0 Å². The van der Waals surface area contributed by atoms with Gasteiger partial charge >= 0.3 is 0 Å². The molecule has 0 saturated carbocycles. The van der Waals surface area contributed by atoms with E-state index in [9.17, 15) is 17.6 Å². The number of halogens is 2. The number of hydrogen-bond acceptors (Lipinski definition) is 6. The molecule has 0 aliphatic heterocycles. The van der Waals surface area contributed by atoms with Crippen LogP contribution in [0.3, 0.4) is 0 Å². The fourth-order valence-electron chi connectivity index (χ4n) is 3.18. The van der Waals surface area contributed by atoms with Crippen molar-refractivity contribution in [3.63, 3.8) is 0 Å². The van der Waals surface area contributed by atoms with Crippen LogP contribution in [0.5, 0.6) is 0 Å². The normalized spacial score (nSPS) is 11.5. The number of nitrogens with zero attached hydrogens (tertiary/aromatic N) is 3.